The number of hydrogen-bond donors (Lipinski definition) is 2. The number of benzene rings is 1. The molecule has 118 valence electrons. The van der Waals surface area contributed by atoms with Crippen LogP contribution in [0.3, 0.4) is 0 Å². The first-order valence-corrected chi connectivity index (χ1v) is 6.72. The summed E-state index contributed by atoms with van der Waals surface area (Å²) in [6, 6.07) is 1.56. The maximum absolute atomic E-state index is 13.0. The summed E-state index contributed by atoms with van der Waals surface area (Å²) in [6.07, 6.45) is 0. The molecule has 0 radical (unpaired) electrons. The van der Waals surface area contributed by atoms with Crippen LogP contribution in [0.4, 0.5) is 19.3 Å². The molecule has 2 N–H and O–H groups in total. The number of nitrogens with one attached hydrogen (secondary N) is 2. The second-order valence-corrected chi connectivity index (χ2v) is 5.11. The molecule has 0 fully saturated rings. The monoisotopic (exact) mass is 310 g/mol. The molecule has 6 nitrogen and oxygen atoms in total. The number of hydrogen-bond acceptors (Lipinski definition) is 4. The van der Waals surface area contributed by atoms with Crippen LogP contribution in [0.15, 0.2) is 22.6 Å². The molecule has 1 atom stereocenters. The molecule has 2 rings (SSSR count). The first-order valence-electron chi connectivity index (χ1n) is 6.72. The van der Waals surface area contributed by atoms with Crippen LogP contribution < -0.4 is 10.6 Å². The zero-order valence-corrected chi connectivity index (χ0v) is 12.4. The van der Waals surface area contributed by atoms with Crippen LogP contribution in [-0.2, 0) is 0 Å². The Bertz CT molecular complexity index is 652. The second-order valence-electron chi connectivity index (χ2n) is 5.11. The van der Waals surface area contributed by atoms with Crippen LogP contribution in [-0.4, -0.2) is 16.2 Å². The van der Waals surface area contributed by atoms with E-state index in [-0.39, 0.29) is 17.5 Å². The molecule has 1 heterocycles. The van der Waals surface area contributed by atoms with Gasteiger partial charge in [-0.05, 0) is 19.1 Å². The Kier molecular flexibility index (Phi) is 4.69. The summed E-state index contributed by atoms with van der Waals surface area (Å²) >= 11 is 0. The molecule has 0 aliphatic carbocycles. The van der Waals surface area contributed by atoms with Crippen molar-refractivity contribution in [1.82, 2.24) is 15.5 Å². The Labute approximate surface area is 125 Å². The minimum absolute atomic E-state index is 0.00981. The molecule has 2 amide bonds. The molecule has 1 aromatic carbocycles. The van der Waals surface area contributed by atoms with Crippen LogP contribution in [0.2, 0.25) is 0 Å². The molecule has 2 aromatic rings. The van der Waals surface area contributed by atoms with Gasteiger partial charge in [-0.2, -0.15) is 0 Å². The fourth-order valence-electron chi connectivity index (χ4n) is 1.71. The fourth-order valence-corrected chi connectivity index (χ4v) is 1.71. The molecule has 22 heavy (non-hydrogen) atoms. The number of aromatic nitrogens is 2. The summed E-state index contributed by atoms with van der Waals surface area (Å²) < 4.78 is 31.5. The maximum atomic E-state index is 13.0. The van der Waals surface area contributed by atoms with E-state index >= 15 is 0 Å². The van der Waals surface area contributed by atoms with Crippen molar-refractivity contribution in [2.24, 2.45) is 0 Å². The summed E-state index contributed by atoms with van der Waals surface area (Å²) in [4.78, 5) is 11.8. The van der Waals surface area contributed by atoms with Crippen molar-refractivity contribution in [3.05, 3.63) is 41.6 Å². The lowest BCUT2D eigenvalue weighted by molar-refractivity contribution is 0.246. The SMILES string of the molecule is CC(C)c1nnc([C@@H](C)NC(=O)Nc2cc(F)cc(F)c2)o1. The van der Waals surface area contributed by atoms with E-state index < -0.39 is 23.7 Å². The lowest BCUT2D eigenvalue weighted by atomic mass is 10.2. The molecule has 0 saturated heterocycles. The lowest BCUT2D eigenvalue weighted by Crippen LogP contribution is -2.31. The van der Waals surface area contributed by atoms with Crippen LogP contribution in [0, 0.1) is 11.6 Å². The molecular formula is C14H16F2N4O2. The Morgan fingerprint density at radius 1 is 1.09 bits per heavy atom. The summed E-state index contributed by atoms with van der Waals surface area (Å²) in [5.41, 5.74) is 0.00981. The number of halogens is 2. The normalized spacial score (nSPS) is 12.3. The number of nitrogens with zero attached hydrogens (tertiary/aromatic N) is 2. The van der Waals surface area contributed by atoms with Gasteiger partial charge in [-0.15, -0.1) is 10.2 Å². The molecular weight excluding hydrogens is 294 g/mol. The van der Waals surface area contributed by atoms with E-state index in [0.29, 0.717) is 5.89 Å². The Hall–Kier alpha value is -2.51. The summed E-state index contributed by atoms with van der Waals surface area (Å²) in [7, 11) is 0. The molecule has 0 bridgehead atoms. The van der Waals surface area contributed by atoms with Crippen LogP contribution >= 0.6 is 0 Å². The highest BCUT2D eigenvalue weighted by Gasteiger charge is 2.17. The smallest absolute Gasteiger partial charge is 0.319 e. The minimum Gasteiger partial charge on any atom is -0.423 e. The van der Waals surface area contributed by atoms with Gasteiger partial charge >= 0.3 is 6.03 Å². The Balaban J connectivity index is 1.98. The van der Waals surface area contributed by atoms with Crippen molar-refractivity contribution in [3.63, 3.8) is 0 Å². The van der Waals surface area contributed by atoms with E-state index in [4.69, 9.17) is 4.42 Å². The third-order valence-electron chi connectivity index (χ3n) is 2.79. The highest BCUT2D eigenvalue weighted by Crippen LogP contribution is 2.17. The van der Waals surface area contributed by atoms with Gasteiger partial charge in [-0.1, -0.05) is 13.8 Å². The standard InChI is InChI=1S/C14H16F2N4O2/c1-7(2)12-19-20-13(22-12)8(3)17-14(21)18-11-5-9(15)4-10(16)6-11/h4-8H,1-3H3,(H2,17,18,21)/t8-/m1/s1. The van der Waals surface area contributed by atoms with E-state index in [0.717, 1.165) is 18.2 Å². The zero-order valence-electron chi connectivity index (χ0n) is 12.4. The van der Waals surface area contributed by atoms with Crippen molar-refractivity contribution in [2.75, 3.05) is 5.32 Å². The van der Waals surface area contributed by atoms with E-state index in [1.807, 2.05) is 13.8 Å². The Morgan fingerprint density at radius 2 is 1.68 bits per heavy atom. The van der Waals surface area contributed by atoms with Crippen molar-refractivity contribution in [3.8, 4) is 0 Å². The molecule has 0 unspecified atom stereocenters. The number of carbonyl (C=O) groups is 1. The average molecular weight is 310 g/mol. The average Bonchev–Trinajstić information content (AvgIpc) is 2.86. The molecule has 0 spiro atoms. The van der Waals surface area contributed by atoms with Crippen LogP contribution in [0.5, 0.6) is 0 Å². The highest BCUT2D eigenvalue weighted by atomic mass is 19.1. The van der Waals surface area contributed by atoms with E-state index in [1.165, 1.54) is 0 Å². The number of amides is 2. The van der Waals surface area contributed by atoms with Gasteiger partial charge in [0, 0.05) is 17.7 Å². The summed E-state index contributed by atoms with van der Waals surface area (Å²) in [6.45, 7) is 5.46. The number of anilines is 1. The predicted molar refractivity (Wildman–Crippen MR) is 75.3 cm³/mol. The number of urea groups is 1. The van der Waals surface area contributed by atoms with E-state index in [2.05, 4.69) is 20.8 Å². The third-order valence-corrected chi connectivity index (χ3v) is 2.79. The summed E-state index contributed by atoms with van der Waals surface area (Å²) in [5.74, 6) is -0.748. The number of rotatable bonds is 4. The van der Waals surface area contributed by atoms with Gasteiger partial charge in [0.1, 0.15) is 17.7 Å². The summed E-state index contributed by atoms with van der Waals surface area (Å²) in [5, 5.41) is 12.6. The van der Waals surface area contributed by atoms with Gasteiger partial charge in [0.25, 0.3) is 0 Å². The first-order chi connectivity index (χ1) is 10.3. The van der Waals surface area contributed by atoms with Crippen molar-refractivity contribution < 1.29 is 18.0 Å². The van der Waals surface area contributed by atoms with Crippen molar-refractivity contribution >= 4 is 11.7 Å². The van der Waals surface area contributed by atoms with Gasteiger partial charge in [0.15, 0.2) is 0 Å². The maximum Gasteiger partial charge on any atom is 0.319 e. The fraction of sp³-hybridized carbons (Fsp3) is 0.357. The quantitative estimate of drug-likeness (QED) is 0.907. The zero-order chi connectivity index (χ0) is 16.3. The lowest BCUT2D eigenvalue weighted by Gasteiger charge is -2.11. The second kappa shape index (κ2) is 6.50. The molecule has 1 aromatic heterocycles. The molecule has 0 aliphatic heterocycles. The van der Waals surface area contributed by atoms with Gasteiger partial charge in [-0.25, -0.2) is 13.6 Å². The van der Waals surface area contributed by atoms with E-state index in [1.54, 1.807) is 6.92 Å². The largest absolute Gasteiger partial charge is 0.423 e. The third kappa shape index (κ3) is 4.00. The van der Waals surface area contributed by atoms with Gasteiger partial charge in [0.2, 0.25) is 11.8 Å². The van der Waals surface area contributed by atoms with Crippen molar-refractivity contribution in [1.29, 1.82) is 0 Å². The number of carbonyl (C=O) groups excluding carboxylic acids is 1. The van der Waals surface area contributed by atoms with E-state index in [9.17, 15) is 13.6 Å². The van der Waals surface area contributed by atoms with Gasteiger partial charge in [0.05, 0.1) is 0 Å². The predicted octanol–water partition coefficient (Wildman–Crippen LogP) is 3.35. The minimum atomic E-state index is -0.776. The Morgan fingerprint density at radius 3 is 2.23 bits per heavy atom. The van der Waals surface area contributed by atoms with Gasteiger partial charge < -0.3 is 15.1 Å². The molecule has 8 heteroatoms. The van der Waals surface area contributed by atoms with Crippen LogP contribution in [0.1, 0.15) is 44.5 Å². The molecule has 0 aliphatic rings. The molecule has 0 saturated carbocycles. The van der Waals surface area contributed by atoms with Gasteiger partial charge in [-0.3, -0.25) is 0 Å². The van der Waals surface area contributed by atoms with Crippen molar-refractivity contribution in [2.45, 2.75) is 32.7 Å². The first kappa shape index (κ1) is 15.9. The highest BCUT2D eigenvalue weighted by molar-refractivity contribution is 5.89. The van der Waals surface area contributed by atoms with Crippen LogP contribution in [0.25, 0.3) is 0 Å². The topological polar surface area (TPSA) is 80.0 Å².